The normalized spacial score (nSPS) is 12.6. The summed E-state index contributed by atoms with van der Waals surface area (Å²) in [6.45, 7) is 0. The van der Waals surface area contributed by atoms with Crippen molar-refractivity contribution in [1.29, 1.82) is 0 Å². The van der Waals surface area contributed by atoms with E-state index in [1.807, 2.05) is 48.5 Å². The number of aromatic nitrogens is 1. The summed E-state index contributed by atoms with van der Waals surface area (Å²) < 4.78 is 2.00. The van der Waals surface area contributed by atoms with Crippen LogP contribution in [0, 0.1) is 3.57 Å². The summed E-state index contributed by atoms with van der Waals surface area (Å²) in [5, 5.41) is 11.7. The van der Waals surface area contributed by atoms with Crippen molar-refractivity contribution in [2.75, 3.05) is 0 Å². The van der Waals surface area contributed by atoms with Gasteiger partial charge in [-0.1, -0.05) is 34.1 Å². The number of nitrogens with zero attached hydrogens (tertiary/aromatic N) is 1. The monoisotopic (exact) mass is 439 g/mol. The molecule has 0 saturated heterocycles. The van der Waals surface area contributed by atoms with E-state index in [1.54, 1.807) is 6.20 Å². The first-order chi connectivity index (χ1) is 9.66. The van der Waals surface area contributed by atoms with Crippen LogP contribution < -0.4 is 0 Å². The van der Waals surface area contributed by atoms with Crippen molar-refractivity contribution in [2.45, 2.75) is 6.10 Å². The summed E-state index contributed by atoms with van der Waals surface area (Å²) in [5.41, 5.74) is 2.64. The minimum atomic E-state index is -0.674. The zero-order valence-corrected chi connectivity index (χ0v) is 14.2. The Kier molecular flexibility index (Phi) is 4.05. The number of rotatable bonds is 2. The number of aliphatic hydroxyl groups is 1. The lowest BCUT2D eigenvalue weighted by Gasteiger charge is -2.15. The van der Waals surface area contributed by atoms with Crippen LogP contribution in [0.1, 0.15) is 17.2 Å². The highest BCUT2D eigenvalue weighted by Gasteiger charge is 2.16. The first-order valence-corrected chi connectivity index (χ1v) is 8.00. The Morgan fingerprint density at radius 1 is 1.05 bits per heavy atom. The molecule has 1 atom stereocenters. The average Bonchev–Trinajstić information content (AvgIpc) is 2.48. The van der Waals surface area contributed by atoms with Crippen LogP contribution in [0.4, 0.5) is 0 Å². The Morgan fingerprint density at radius 2 is 1.90 bits per heavy atom. The summed E-state index contributed by atoms with van der Waals surface area (Å²) in [4.78, 5) is 4.33. The largest absolute Gasteiger partial charge is 0.384 e. The zero-order chi connectivity index (χ0) is 14.1. The third-order valence-electron chi connectivity index (χ3n) is 3.23. The van der Waals surface area contributed by atoms with Crippen LogP contribution in [0.3, 0.4) is 0 Å². The Bertz CT molecular complexity index is 770. The highest BCUT2D eigenvalue weighted by atomic mass is 127. The molecular formula is C16H11BrINO. The van der Waals surface area contributed by atoms with E-state index in [9.17, 15) is 5.11 Å². The maximum Gasteiger partial charge on any atom is 0.106 e. The van der Waals surface area contributed by atoms with Crippen LogP contribution in [0.5, 0.6) is 0 Å². The van der Waals surface area contributed by atoms with E-state index in [0.717, 1.165) is 30.1 Å². The molecule has 0 bridgehead atoms. The molecule has 0 aliphatic rings. The van der Waals surface area contributed by atoms with Crippen molar-refractivity contribution >= 4 is 49.4 Å². The Hall–Kier alpha value is -0.980. The first-order valence-electron chi connectivity index (χ1n) is 6.13. The lowest BCUT2D eigenvalue weighted by Crippen LogP contribution is -2.02. The van der Waals surface area contributed by atoms with E-state index in [-0.39, 0.29) is 0 Å². The molecule has 0 amide bonds. The number of pyridine rings is 1. The second-order valence-electron chi connectivity index (χ2n) is 4.49. The lowest BCUT2D eigenvalue weighted by molar-refractivity contribution is 0.221. The lowest BCUT2D eigenvalue weighted by atomic mass is 9.98. The second-order valence-corrected chi connectivity index (χ2v) is 6.59. The molecule has 1 heterocycles. The third-order valence-corrected chi connectivity index (χ3v) is 4.62. The number of hydrogen-bond donors (Lipinski definition) is 1. The number of fused-ring (bicyclic) bond motifs is 1. The van der Waals surface area contributed by atoms with Gasteiger partial charge in [-0.2, -0.15) is 0 Å². The quantitative estimate of drug-likeness (QED) is 0.588. The first kappa shape index (κ1) is 14.0. The molecule has 0 spiro atoms. The molecular weight excluding hydrogens is 429 g/mol. The Morgan fingerprint density at radius 3 is 2.75 bits per heavy atom. The molecule has 100 valence electrons. The number of benzene rings is 2. The van der Waals surface area contributed by atoms with Crippen molar-refractivity contribution in [3.05, 3.63) is 73.9 Å². The predicted molar refractivity (Wildman–Crippen MR) is 92.7 cm³/mol. The molecule has 0 radical (unpaired) electrons. The summed E-state index contributed by atoms with van der Waals surface area (Å²) in [6.07, 6.45) is 1.09. The van der Waals surface area contributed by atoms with Gasteiger partial charge in [0.25, 0.3) is 0 Å². The number of aliphatic hydroxyl groups excluding tert-OH is 1. The molecule has 2 nitrogen and oxygen atoms in total. The highest BCUT2D eigenvalue weighted by molar-refractivity contribution is 14.1. The van der Waals surface area contributed by atoms with Gasteiger partial charge in [0.2, 0.25) is 0 Å². The van der Waals surface area contributed by atoms with Gasteiger partial charge in [-0.05, 0) is 58.5 Å². The number of hydrogen-bond acceptors (Lipinski definition) is 2. The van der Waals surface area contributed by atoms with Gasteiger partial charge in [-0.15, -0.1) is 0 Å². The molecule has 0 aliphatic heterocycles. The van der Waals surface area contributed by atoms with Crippen molar-refractivity contribution in [2.24, 2.45) is 0 Å². The van der Waals surface area contributed by atoms with Crippen molar-refractivity contribution in [3.8, 4) is 0 Å². The van der Waals surface area contributed by atoms with Crippen LogP contribution in [-0.4, -0.2) is 10.1 Å². The molecule has 3 aromatic rings. The molecule has 0 fully saturated rings. The average molecular weight is 440 g/mol. The second kappa shape index (κ2) is 5.79. The molecule has 2 aromatic carbocycles. The summed E-state index contributed by atoms with van der Waals surface area (Å²) in [6, 6.07) is 15.7. The summed E-state index contributed by atoms with van der Waals surface area (Å²) in [7, 11) is 0. The van der Waals surface area contributed by atoms with Gasteiger partial charge in [-0.25, -0.2) is 0 Å². The number of halogens is 2. The molecule has 1 unspecified atom stereocenters. The smallest absolute Gasteiger partial charge is 0.106 e. The van der Waals surface area contributed by atoms with Crippen LogP contribution in [-0.2, 0) is 0 Å². The van der Waals surface area contributed by atoms with E-state index in [4.69, 9.17) is 0 Å². The SMILES string of the molecule is OC(c1cc(I)ccc1Br)c1cccc2ncccc12. The molecule has 1 N–H and O–H groups in total. The fourth-order valence-corrected chi connectivity index (χ4v) is 3.24. The van der Waals surface area contributed by atoms with E-state index < -0.39 is 6.10 Å². The molecule has 20 heavy (non-hydrogen) atoms. The Labute approximate surface area is 139 Å². The van der Waals surface area contributed by atoms with Gasteiger partial charge in [0.05, 0.1) is 5.52 Å². The van der Waals surface area contributed by atoms with E-state index >= 15 is 0 Å². The van der Waals surface area contributed by atoms with E-state index in [0.29, 0.717) is 0 Å². The molecule has 0 saturated carbocycles. The maximum atomic E-state index is 10.7. The van der Waals surface area contributed by atoms with Crippen LogP contribution in [0.15, 0.2) is 59.2 Å². The third kappa shape index (κ3) is 2.60. The van der Waals surface area contributed by atoms with Gasteiger partial charge >= 0.3 is 0 Å². The van der Waals surface area contributed by atoms with Crippen molar-refractivity contribution < 1.29 is 5.11 Å². The topological polar surface area (TPSA) is 33.1 Å². The molecule has 4 heteroatoms. The van der Waals surface area contributed by atoms with Crippen LogP contribution in [0.2, 0.25) is 0 Å². The van der Waals surface area contributed by atoms with Crippen molar-refractivity contribution in [3.63, 3.8) is 0 Å². The van der Waals surface area contributed by atoms with Crippen LogP contribution in [0.25, 0.3) is 10.9 Å². The Balaban J connectivity index is 2.17. The van der Waals surface area contributed by atoms with Crippen molar-refractivity contribution in [1.82, 2.24) is 4.98 Å². The van der Waals surface area contributed by atoms with E-state index in [2.05, 4.69) is 43.5 Å². The van der Waals surface area contributed by atoms with E-state index in [1.165, 1.54) is 0 Å². The summed E-state index contributed by atoms with van der Waals surface area (Å²) in [5.74, 6) is 0. The van der Waals surface area contributed by atoms with Gasteiger partial charge in [-0.3, -0.25) is 4.98 Å². The minimum Gasteiger partial charge on any atom is -0.384 e. The van der Waals surface area contributed by atoms with Gasteiger partial charge in [0.15, 0.2) is 0 Å². The van der Waals surface area contributed by atoms with Gasteiger partial charge in [0.1, 0.15) is 6.10 Å². The zero-order valence-electron chi connectivity index (χ0n) is 10.4. The summed E-state index contributed by atoms with van der Waals surface area (Å²) >= 11 is 5.76. The fraction of sp³-hybridized carbons (Fsp3) is 0.0625. The maximum absolute atomic E-state index is 10.7. The molecule has 0 aliphatic carbocycles. The predicted octanol–water partition coefficient (Wildman–Crippen LogP) is 4.68. The fourth-order valence-electron chi connectivity index (χ4n) is 2.26. The highest BCUT2D eigenvalue weighted by Crippen LogP contribution is 2.33. The minimum absolute atomic E-state index is 0.674. The molecule has 1 aromatic heterocycles. The van der Waals surface area contributed by atoms with Crippen LogP contribution >= 0.6 is 38.5 Å². The standard InChI is InChI=1S/C16H11BrINO/c17-14-7-6-10(18)9-13(14)16(20)12-3-1-5-15-11(12)4-2-8-19-15/h1-9,16,20H. The van der Waals surface area contributed by atoms with Gasteiger partial charge in [0, 0.05) is 25.2 Å². The molecule has 3 rings (SSSR count). The van der Waals surface area contributed by atoms with Gasteiger partial charge < -0.3 is 5.11 Å².